The largest absolute Gasteiger partial charge is 0.398 e. The van der Waals surface area contributed by atoms with Crippen molar-refractivity contribution in [1.82, 2.24) is 4.72 Å². The van der Waals surface area contributed by atoms with Crippen LogP contribution in [0.15, 0.2) is 11.0 Å². The van der Waals surface area contributed by atoms with Crippen molar-refractivity contribution in [2.24, 2.45) is 0 Å². The standard InChI is InChI=1S/C13H20N2O3S/c1-7-4-8(2)13(9(3)12(7)14)19(17,18)15-10-5-11(16)6-10/h4,10-11,15-16H,5-6,14H2,1-3H3. The summed E-state index contributed by atoms with van der Waals surface area (Å²) in [6.45, 7) is 5.35. The summed E-state index contributed by atoms with van der Waals surface area (Å²) in [5, 5.41) is 9.22. The molecule has 0 saturated heterocycles. The molecule has 6 heteroatoms. The van der Waals surface area contributed by atoms with Crippen LogP contribution in [0.1, 0.15) is 29.5 Å². The van der Waals surface area contributed by atoms with E-state index in [1.54, 1.807) is 19.9 Å². The number of benzene rings is 1. The molecule has 0 aliphatic heterocycles. The number of hydrogen-bond donors (Lipinski definition) is 3. The Labute approximate surface area is 113 Å². The third-order valence-corrected chi connectivity index (χ3v) is 5.47. The van der Waals surface area contributed by atoms with Gasteiger partial charge in [0.25, 0.3) is 0 Å². The van der Waals surface area contributed by atoms with Gasteiger partial charge in [-0.05, 0) is 50.3 Å². The average molecular weight is 284 g/mol. The molecular weight excluding hydrogens is 264 g/mol. The Bertz CT molecular complexity index is 605. The summed E-state index contributed by atoms with van der Waals surface area (Å²) in [6.07, 6.45) is 0.551. The number of rotatable bonds is 3. The Morgan fingerprint density at radius 3 is 2.37 bits per heavy atom. The van der Waals surface area contributed by atoms with Gasteiger partial charge in [-0.15, -0.1) is 0 Å². The summed E-state index contributed by atoms with van der Waals surface area (Å²) in [6, 6.07) is 1.60. The molecule has 0 amide bonds. The van der Waals surface area contributed by atoms with Crippen LogP contribution < -0.4 is 10.5 Å². The van der Waals surface area contributed by atoms with Crippen LogP contribution in [0.2, 0.25) is 0 Å². The Morgan fingerprint density at radius 1 is 1.26 bits per heavy atom. The molecule has 1 fully saturated rings. The van der Waals surface area contributed by atoms with Crippen molar-refractivity contribution in [2.75, 3.05) is 5.73 Å². The van der Waals surface area contributed by atoms with E-state index >= 15 is 0 Å². The highest BCUT2D eigenvalue weighted by molar-refractivity contribution is 7.89. The van der Waals surface area contributed by atoms with Gasteiger partial charge in [-0.2, -0.15) is 0 Å². The van der Waals surface area contributed by atoms with Crippen molar-refractivity contribution in [3.8, 4) is 0 Å². The van der Waals surface area contributed by atoms with Crippen LogP contribution in [-0.2, 0) is 10.0 Å². The van der Waals surface area contributed by atoms with E-state index < -0.39 is 16.1 Å². The molecule has 0 unspecified atom stereocenters. The predicted octanol–water partition coefficient (Wildman–Crippen LogP) is 0.996. The van der Waals surface area contributed by atoms with Gasteiger partial charge < -0.3 is 10.8 Å². The summed E-state index contributed by atoms with van der Waals surface area (Å²) in [5.74, 6) is 0. The van der Waals surface area contributed by atoms with Gasteiger partial charge in [0.15, 0.2) is 0 Å². The lowest BCUT2D eigenvalue weighted by atomic mass is 9.91. The predicted molar refractivity (Wildman–Crippen MR) is 74.4 cm³/mol. The van der Waals surface area contributed by atoms with E-state index in [0.29, 0.717) is 29.7 Å². The highest BCUT2D eigenvalue weighted by atomic mass is 32.2. The molecule has 0 aromatic heterocycles. The van der Waals surface area contributed by atoms with Crippen LogP contribution in [0.5, 0.6) is 0 Å². The van der Waals surface area contributed by atoms with Gasteiger partial charge in [-0.3, -0.25) is 0 Å². The molecular formula is C13H20N2O3S. The summed E-state index contributed by atoms with van der Waals surface area (Å²) >= 11 is 0. The lowest BCUT2D eigenvalue weighted by molar-refractivity contribution is 0.0712. The number of sulfonamides is 1. The highest BCUT2D eigenvalue weighted by Gasteiger charge is 2.32. The molecule has 1 aliphatic carbocycles. The molecule has 106 valence electrons. The van der Waals surface area contributed by atoms with Crippen LogP contribution in [0.25, 0.3) is 0 Å². The second kappa shape index (κ2) is 4.77. The minimum absolute atomic E-state index is 0.179. The van der Waals surface area contributed by atoms with Crippen LogP contribution in [-0.4, -0.2) is 25.7 Å². The maximum atomic E-state index is 12.4. The van der Waals surface area contributed by atoms with E-state index in [-0.39, 0.29) is 10.9 Å². The van der Waals surface area contributed by atoms with Crippen molar-refractivity contribution < 1.29 is 13.5 Å². The van der Waals surface area contributed by atoms with Crippen LogP contribution in [0, 0.1) is 20.8 Å². The van der Waals surface area contributed by atoms with Crippen LogP contribution in [0.4, 0.5) is 5.69 Å². The molecule has 0 heterocycles. The Kier molecular flexibility index (Phi) is 3.59. The van der Waals surface area contributed by atoms with Gasteiger partial charge in [0.1, 0.15) is 0 Å². The summed E-state index contributed by atoms with van der Waals surface area (Å²) in [5.41, 5.74) is 8.59. The molecule has 1 saturated carbocycles. The number of hydrogen-bond acceptors (Lipinski definition) is 4. The topological polar surface area (TPSA) is 92.4 Å². The fourth-order valence-electron chi connectivity index (χ4n) is 2.56. The van der Waals surface area contributed by atoms with E-state index in [0.717, 1.165) is 5.56 Å². The number of aryl methyl sites for hydroxylation is 2. The molecule has 0 atom stereocenters. The normalized spacial score (nSPS) is 23.2. The minimum atomic E-state index is -3.59. The third kappa shape index (κ3) is 2.61. The summed E-state index contributed by atoms with van der Waals surface area (Å²) in [4.78, 5) is 0.261. The Balaban J connectivity index is 2.38. The van der Waals surface area contributed by atoms with Crippen molar-refractivity contribution in [1.29, 1.82) is 0 Å². The van der Waals surface area contributed by atoms with Crippen LogP contribution in [0.3, 0.4) is 0 Å². The lowest BCUT2D eigenvalue weighted by Crippen LogP contribution is -2.46. The maximum absolute atomic E-state index is 12.4. The van der Waals surface area contributed by atoms with E-state index in [2.05, 4.69) is 4.72 Å². The van der Waals surface area contributed by atoms with Gasteiger partial charge in [0.2, 0.25) is 10.0 Å². The van der Waals surface area contributed by atoms with Gasteiger partial charge in [0.05, 0.1) is 11.0 Å². The van der Waals surface area contributed by atoms with Gasteiger partial charge >= 0.3 is 0 Å². The monoisotopic (exact) mass is 284 g/mol. The molecule has 19 heavy (non-hydrogen) atoms. The molecule has 2 rings (SSSR count). The fraction of sp³-hybridized carbons (Fsp3) is 0.538. The van der Waals surface area contributed by atoms with Gasteiger partial charge in [-0.25, -0.2) is 13.1 Å². The Morgan fingerprint density at radius 2 is 1.84 bits per heavy atom. The second-order valence-electron chi connectivity index (χ2n) is 5.32. The summed E-state index contributed by atoms with van der Waals surface area (Å²) in [7, 11) is -3.59. The summed E-state index contributed by atoms with van der Waals surface area (Å²) < 4.78 is 27.4. The van der Waals surface area contributed by atoms with Gasteiger partial charge in [0, 0.05) is 11.7 Å². The van der Waals surface area contributed by atoms with Crippen molar-refractivity contribution in [3.05, 3.63) is 22.8 Å². The first-order chi connectivity index (χ1) is 8.72. The molecule has 1 aromatic rings. The lowest BCUT2D eigenvalue weighted by Gasteiger charge is -2.32. The maximum Gasteiger partial charge on any atom is 0.241 e. The zero-order valence-corrected chi connectivity index (χ0v) is 12.2. The zero-order chi connectivity index (χ0) is 14.4. The van der Waals surface area contributed by atoms with E-state index in [1.807, 2.05) is 6.92 Å². The SMILES string of the molecule is Cc1cc(C)c(S(=O)(=O)NC2CC(O)C2)c(C)c1N. The quantitative estimate of drug-likeness (QED) is 0.722. The first kappa shape index (κ1) is 14.3. The Hall–Kier alpha value is -1.11. The first-order valence-electron chi connectivity index (χ1n) is 6.29. The van der Waals surface area contributed by atoms with Crippen molar-refractivity contribution in [2.45, 2.75) is 50.7 Å². The zero-order valence-electron chi connectivity index (χ0n) is 11.4. The molecule has 0 bridgehead atoms. The van der Waals surface area contributed by atoms with E-state index in [9.17, 15) is 13.5 Å². The van der Waals surface area contributed by atoms with Crippen molar-refractivity contribution in [3.63, 3.8) is 0 Å². The van der Waals surface area contributed by atoms with E-state index in [4.69, 9.17) is 5.73 Å². The number of nitrogens with two attached hydrogens (primary N) is 1. The molecule has 4 N–H and O–H groups in total. The second-order valence-corrected chi connectivity index (χ2v) is 6.97. The van der Waals surface area contributed by atoms with E-state index in [1.165, 1.54) is 0 Å². The molecule has 1 aliphatic rings. The molecule has 5 nitrogen and oxygen atoms in total. The number of aliphatic hydroxyl groups excluding tert-OH is 1. The smallest absolute Gasteiger partial charge is 0.241 e. The van der Waals surface area contributed by atoms with Gasteiger partial charge in [-0.1, -0.05) is 6.07 Å². The molecule has 0 radical (unpaired) electrons. The number of nitrogens with one attached hydrogen (secondary N) is 1. The molecule has 0 spiro atoms. The van der Waals surface area contributed by atoms with Crippen LogP contribution >= 0.6 is 0 Å². The number of nitrogen functional groups attached to an aromatic ring is 1. The highest BCUT2D eigenvalue weighted by Crippen LogP contribution is 2.29. The number of aliphatic hydroxyl groups is 1. The first-order valence-corrected chi connectivity index (χ1v) is 7.77. The average Bonchev–Trinajstić information content (AvgIpc) is 2.23. The fourth-order valence-corrected chi connectivity index (χ4v) is 4.30. The number of anilines is 1. The third-order valence-electron chi connectivity index (χ3n) is 3.66. The minimum Gasteiger partial charge on any atom is -0.398 e. The van der Waals surface area contributed by atoms with Crippen molar-refractivity contribution >= 4 is 15.7 Å². The molecule has 1 aromatic carbocycles.